The Morgan fingerprint density at radius 1 is 1.03 bits per heavy atom. The molecule has 1 fully saturated rings. The van der Waals surface area contributed by atoms with Crippen LogP contribution in [0.25, 0.3) is 0 Å². The molecule has 1 atom stereocenters. The fourth-order valence-electron chi connectivity index (χ4n) is 3.36. The summed E-state index contributed by atoms with van der Waals surface area (Å²) in [6, 6.07) is 11.2. The van der Waals surface area contributed by atoms with Crippen molar-refractivity contribution in [2.45, 2.75) is 6.42 Å². The number of hydrogen-bond donors (Lipinski definition) is 1. The van der Waals surface area contributed by atoms with Crippen LogP contribution in [0.5, 0.6) is 11.5 Å². The van der Waals surface area contributed by atoms with E-state index in [2.05, 4.69) is 10.1 Å². The second-order valence-electron chi connectivity index (χ2n) is 7.17. The summed E-state index contributed by atoms with van der Waals surface area (Å²) in [5.74, 6) is -1.72. The zero-order valence-electron chi connectivity index (χ0n) is 18.5. The van der Waals surface area contributed by atoms with E-state index < -0.39 is 30.4 Å². The van der Waals surface area contributed by atoms with Crippen LogP contribution in [0.2, 0.25) is 0 Å². The smallest absolute Gasteiger partial charge is 0.337 e. The number of hydrogen-bond acceptors (Lipinski definition) is 8. The predicted octanol–water partition coefficient (Wildman–Crippen LogP) is 2.03. The minimum absolute atomic E-state index is 0.0388. The van der Waals surface area contributed by atoms with Gasteiger partial charge < -0.3 is 29.2 Å². The normalized spacial score (nSPS) is 15.1. The fraction of sp³-hybridized carbons (Fsp3) is 0.304. The van der Waals surface area contributed by atoms with Crippen LogP contribution in [0.15, 0.2) is 42.5 Å². The molecule has 1 heterocycles. The van der Waals surface area contributed by atoms with Gasteiger partial charge in [-0.2, -0.15) is 0 Å². The first-order valence-corrected chi connectivity index (χ1v) is 10.0. The van der Waals surface area contributed by atoms with Gasteiger partial charge >= 0.3 is 11.9 Å². The van der Waals surface area contributed by atoms with Crippen LogP contribution >= 0.6 is 0 Å². The lowest BCUT2D eigenvalue weighted by molar-refractivity contribution is -0.151. The quantitative estimate of drug-likeness (QED) is 0.599. The fourth-order valence-corrected chi connectivity index (χ4v) is 3.36. The highest BCUT2D eigenvalue weighted by Crippen LogP contribution is 2.29. The third-order valence-corrected chi connectivity index (χ3v) is 5.08. The van der Waals surface area contributed by atoms with E-state index in [0.717, 1.165) is 0 Å². The molecule has 0 bridgehead atoms. The highest BCUT2D eigenvalue weighted by atomic mass is 16.5. The lowest BCUT2D eigenvalue weighted by Gasteiger charge is -2.17. The van der Waals surface area contributed by atoms with Crippen LogP contribution in [0.4, 0.5) is 11.4 Å². The Balaban J connectivity index is 1.55. The Hall–Kier alpha value is -4.08. The van der Waals surface area contributed by atoms with Crippen LogP contribution in [-0.2, 0) is 23.9 Å². The highest BCUT2D eigenvalue weighted by Gasteiger charge is 2.36. The summed E-state index contributed by atoms with van der Waals surface area (Å²) in [7, 11) is 4.24. The Labute approximate surface area is 190 Å². The Morgan fingerprint density at radius 3 is 2.39 bits per heavy atom. The third-order valence-electron chi connectivity index (χ3n) is 5.08. The van der Waals surface area contributed by atoms with Crippen LogP contribution in [0, 0.1) is 5.92 Å². The number of rotatable bonds is 8. The zero-order valence-corrected chi connectivity index (χ0v) is 18.5. The molecule has 2 aromatic carbocycles. The molecule has 1 aliphatic heterocycles. The molecule has 10 heteroatoms. The summed E-state index contributed by atoms with van der Waals surface area (Å²) < 4.78 is 20.1. The first kappa shape index (κ1) is 23.6. The SMILES string of the molecule is COC(=O)c1ccc(N2C[C@H](C(=O)OCC(=O)Nc3cc(OC)ccc3OC)CC2=O)cc1. The second-order valence-corrected chi connectivity index (χ2v) is 7.17. The van der Waals surface area contributed by atoms with Crippen molar-refractivity contribution in [3.63, 3.8) is 0 Å². The van der Waals surface area contributed by atoms with E-state index >= 15 is 0 Å². The molecule has 174 valence electrons. The van der Waals surface area contributed by atoms with Crippen molar-refractivity contribution in [2.24, 2.45) is 5.92 Å². The molecule has 33 heavy (non-hydrogen) atoms. The molecule has 1 saturated heterocycles. The maximum absolute atomic E-state index is 12.4. The minimum Gasteiger partial charge on any atom is -0.497 e. The largest absolute Gasteiger partial charge is 0.497 e. The first-order chi connectivity index (χ1) is 15.9. The van der Waals surface area contributed by atoms with Gasteiger partial charge in [0, 0.05) is 24.7 Å². The van der Waals surface area contributed by atoms with Crippen LogP contribution in [-0.4, -0.2) is 58.2 Å². The number of esters is 2. The number of nitrogens with one attached hydrogen (secondary N) is 1. The number of amides is 2. The van der Waals surface area contributed by atoms with Gasteiger partial charge in [-0.1, -0.05) is 0 Å². The molecule has 0 saturated carbocycles. The number of carbonyl (C=O) groups is 4. The van der Waals surface area contributed by atoms with Crippen LogP contribution in [0.1, 0.15) is 16.8 Å². The van der Waals surface area contributed by atoms with Gasteiger partial charge in [-0.05, 0) is 36.4 Å². The summed E-state index contributed by atoms with van der Waals surface area (Å²) in [6.45, 7) is -0.404. The van der Waals surface area contributed by atoms with Gasteiger partial charge in [-0.25, -0.2) is 4.79 Å². The topological polar surface area (TPSA) is 120 Å². The van der Waals surface area contributed by atoms with Crippen molar-refractivity contribution >= 4 is 35.1 Å². The van der Waals surface area contributed by atoms with E-state index in [1.54, 1.807) is 30.3 Å². The molecule has 0 unspecified atom stereocenters. The van der Waals surface area contributed by atoms with Gasteiger partial charge in [0.05, 0.1) is 38.5 Å². The molecule has 1 aliphatic rings. The van der Waals surface area contributed by atoms with E-state index in [1.807, 2.05) is 0 Å². The van der Waals surface area contributed by atoms with Crippen molar-refractivity contribution in [1.29, 1.82) is 0 Å². The molecule has 0 spiro atoms. The Kier molecular flexibility index (Phi) is 7.50. The second kappa shape index (κ2) is 10.5. The van der Waals surface area contributed by atoms with Gasteiger partial charge in [0.2, 0.25) is 5.91 Å². The molecule has 3 rings (SSSR count). The highest BCUT2D eigenvalue weighted by molar-refractivity contribution is 6.00. The molecule has 0 radical (unpaired) electrons. The Bertz CT molecular complexity index is 1050. The number of benzene rings is 2. The van der Waals surface area contributed by atoms with Gasteiger partial charge in [0.15, 0.2) is 6.61 Å². The summed E-state index contributed by atoms with van der Waals surface area (Å²) in [5, 5.41) is 2.61. The average Bonchev–Trinajstić information content (AvgIpc) is 3.23. The standard InChI is InChI=1S/C23H24N2O8/c1-30-17-8-9-19(31-2)18(11-17)24-20(26)13-33-23(29)15-10-21(27)25(12-15)16-6-4-14(5-7-16)22(28)32-3/h4-9,11,15H,10,12-13H2,1-3H3,(H,24,26)/t15-/m1/s1. The predicted molar refractivity (Wildman–Crippen MR) is 117 cm³/mol. The maximum Gasteiger partial charge on any atom is 0.337 e. The monoisotopic (exact) mass is 456 g/mol. The van der Waals surface area contributed by atoms with E-state index in [4.69, 9.17) is 14.2 Å². The lowest BCUT2D eigenvalue weighted by Crippen LogP contribution is -2.28. The van der Waals surface area contributed by atoms with Gasteiger partial charge in [-0.3, -0.25) is 14.4 Å². The summed E-state index contributed by atoms with van der Waals surface area (Å²) in [6.07, 6.45) is -0.0388. The molecule has 0 aromatic heterocycles. The van der Waals surface area contributed by atoms with Crippen molar-refractivity contribution in [3.05, 3.63) is 48.0 Å². The number of nitrogens with zero attached hydrogens (tertiary/aromatic N) is 1. The summed E-state index contributed by atoms with van der Waals surface area (Å²) in [4.78, 5) is 50.1. The number of methoxy groups -OCH3 is 3. The maximum atomic E-state index is 12.4. The van der Waals surface area contributed by atoms with Crippen LogP contribution < -0.4 is 19.7 Å². The van der Waals surface area contributed by atoms with Crippen molar-refractivity contribution in [2.75, 3.05) is 44.7 Å². The molecule has 10 nitrogen and oxygen atoms in total. The molecular formula is C23H24N2O8. The zero-order chi connectivity index (χ0) is 24.0. The van der Waals surface area contributed by atoms with Crippen molar-refractivity contribution in [3.8, 4) is 11.5 Å². The first-order valence-electron chi connectivity index (χ1n) is 10.0. The molecule has 2 aromatic rings. The van der Waals surface area contributed by atoms with Gasteiger partial charge in [-0.15, -0.1) is 0 Å². The Morgan fingerprint density at radius 2 is 1.76 bits per heavy atom. The molecular weight excluding hydrogens is 432 g/mol. The third kappa shape index (κ3) is 5.59. The van der Waals surface area contributed by atoms with Crippen molar-refractivity contribution in [1.82, 2.24) is 0 Å². The van der Waals surface area contributed by atoms with E-state index in [-0.39, 0.29) is 18.9 Å². The van der Waals surface area contributed by atoms with Gasteiger partial charge in [0.25, 0.3) is 5.91 Å². The van der Waals surface area contributed by atoms with Crippen LogP contribution in [0.3, 0.4) is 0 Å². The molecule has 0 aliphatic carbocycles. The van der Waals surface area contributed by atoms with Gasteiger partial charge in [0.1, 0.15) is 11.5 Å². The van der Waals surface area contributed by atoms with E-state index in [9.17, 15) is 19.2 Å². The summed E-state index contributed by atoms with van der Waals surface area (Å²) >= 11 is 0. The molecule has 1 N–H and O–H groups in total. The van der Waals surface area contributed by atoms with E-state index in [1.165, 1.54) is 38.4 Å². The number of carbonyl (C=O) groups excluding carboxylic acids is 4. The summed E-state index contributed by atoms with van der Waals surface area (Å²) in [5.41, 5.74) is 1.27. The number of anilines is 2. The average molecular weight is 456 g/mol. The molecule has 2 amide bonds. The van der Waals surface area contributed by atoms with Crippen molar-refractivity contribution < 1.29 is 38.1 Å². The lowest BCUT2D eigenvalue weighted by atomic mass is 10.1. The minimum atomic E-state index is -0.711. The number of ether oxygens (including phenoxy) is 4. The van der Waals surface area contributed by atoms with E-state index in [0.29, 0.717) is 28.4 Å².